The summed E-state index contributed by atoms with van der Waals surface area (Å²) in [5.41, 5.74) is 1.85. The van der Waals surface area contributed by atoms with Crippen molar-refractivity contribution in [1.29, 1.82) is 0 Å². The van der Waals surface area contributed by atoms with E-state index in [9.17, 15) is 9.59 Å². The van der Waals surface area contributed by atoms with Gasteiger partial charge in [0.25, 0.3) is 0 Å². The fraction of sp³-hybridized carbons (Fsp3) is 0.300. The Hall–Kier alpha value is -3.02. The van der Waals surface area contributed by atoms with Crippen LogP contribution in [0.5, 0.6) is 11.5 Å². The average molecular weight is 357 g/mol. The number of aryl methyl sites for hydroxylation is 1. The Morgan fingerprint density at radius 2 is 1.65 bits per heavy atom. The minimum Gasteiger partial charge on any atom is -0.493 e. The van der Waals surface area contributed by atoms with E-state index in [1.165, 1.54) is 0 Å². The molecule has 2 aromatic carbocycles. The molecule has 0 unspecified atom stereocenters. The molecular formula is C20H23NO5. The van der Waals surface area contributed by atoms with Crippen molar-refractivity contribution in [3.8, 4) is 11.5 Å². The van der Waals surface area contributed by atoms with Crippen molar-refractivity contribution >= 4 is 11.9 Å². The van der Waals surface area contributed by atoms with Gasteiger partial charge < -0.3 is 19.5 Å². The predicted octanol–water partition coefficient (Wildman–Crippen LogP) is 2.50. The predicted molar refractivity (Wildman–Crippen MR) is 97.1 cm³/mol. The largest absolute Gasteiger partial charge is 0.493 e. The molecule has 0 atom stereocenters. The van der Waals surface area contributed by atoms with Gasteiger partial charge in [-0.25, -0.2) is 0 Å². The highest BCUT2D eigenvalue weighted by atomic mass is 16.5. The normalized spacial score (nSPS) is 10.1. The van der Waals surface area contributed by atoms with Gasteiger partial charge in [0, 0.05) is 6.42 Å². The Labute approximate surface area is 153 Å². The maximum Gasteiger partial charge on any atom is 0.325 e. The third kappa shape index (κ3) is 6.12. The summed E-state index contributed by atoms with van der Waals surface area (Å²) in [5, 5.41) is 2.57. The lowest BCUT2D eigenvalue weighted by Gasteiger charge is -2.10. The second kappa shape index (κ2) is 10.1. The highest BCUT2D eigenvalue weighted by Crippen LogP contribution is 2.27. The molecule has 0 saturated heterocycles. The van der Waals surface area contributed by atoms with Gasteiger partial charge in [0.1, 0.15) is 13.2 Å². The van der Waals surface area contributed by atoms with Crippen molar-refractivity contribution in [1.82, 2.24) is 5.32 Å². The molecule has 1 amide bonds. The van der Waals surface area contributed by atoms with Crippen molar-refractivity contribution in [2.75, 3.05) is 20.8 Å². The summed E-state index contributed by atoms with van der Waals surface area (Å²) in [7, 11) is 3.14. The lowest BCUT2D eigenvalue weighted by atomic mass is 10.1. The Kier molecular flexibility index (Phi) is 7.49. The van der Waals surface area contributed by atoms with Crippen molar-refractivity contribution in [3.05, 3.63) is 59.7 Å². The Balaban J connectivity index is 1.71. The van der Waals surface area contributed by atoms with E-state index in [0.29, 0.717) is 17.9 Å². The zero-order valence-electron chi connectivity index (χ0n) is 15.0. The highest BCUT2D eigenvalue weighted by molar-refractivity contribution is 5.82. The first-order chi connectivity index (χ1) is 12.6. The Morgan fingerprint density at radius 3 is 2.35 bits per heavy atom. The summed E-state index contributed by atoms with van der Waals surface area (Å²) < 4.78 is 15.5. The summed E-state index contributed by atoms with van der Waals surface area (Å²) >= 11 is 0. The topological polar surface area (TPSA) is 73.9 Å². The lowest BCUT2D eigenvalue weighted by Crippen LogP contribution is -2.30. The van der Waals surface area contributed by atoms with Crippen LogP contribution in [0.4, 0.5) is 0 Å². The fourth-order valence-electron chi connectivity index (χ4n) is 2.34. The molecule has 2 rings (SSSR count). The number of ether oxygens (including phenoxy) is 3. The van der Waals surface area contributed by atoms with Crippen LogP contribution >= 0.6 is 0 Å². The molecule has 1 N–H and O–H groups in total. The summed E-state index contributed by atoms with van der Waals surface area (Å²) in [6, 6.07) is 14.9. The van der Waals surface area contributed by atoms with Gasteiger partial charge in [0.2, 0.25) is 5.91 Å². The SMILES string of the molecule is COc1ccc(CCC(=O)NCC(=O)OCc2ccccc2)cc1OC. The molecular weight excluding hydrogens is 334 g/mol. The summed E-state index contributed by atoms with van der Waals surface area (Å²) in [4.78, 5) is 23.6. The van der Waals surface area contributed by atoms with Crippen LogP contribution in [0.25, 0.3) is 0 Å². The van der Waals surface area contributed by atoms with Crippen LogP contribution in [0.1, 0.15) is 17.5 Å². The number of benzene rings is 2. The Morgan fingerprint density at radius 1 is 0.923 bits per heavy atom. The summed E-state index contributed by atoms with van der Waals surface area (Å²) in [5.74, 6) is 0.585. The number of methoxy groups -OCH3 is 2. The van der Waals surface area contributed by atoms with E-state index in [2.05, 4.69) is 5.32 Å². The molecule has 0 heterocycles. The minimum atomic E-state index is -0.465. The molecule has 0 fully saturated rings. The number of hydrogen-bond donors (Lipinski definition) is 1. The van der Waals surface area contributed by atoms with Gasteiger partial charge in [-0.1, -0.05) is 36.4 Å². The molecule has 0 aromatic heterocycles. The van der Waals surface area contributed by atoms with Gasteiger partial charge in [-0.05, 0) is 29.7 Å². The first kappa shape index (κ1) is 19.3. The number of hydrogen-bond acceptors (Lipinski definition) is 5. The van der Waals surface area contributed by atoms with Gasteiger partial charge in [-0.3, -0.25) is 9.59 Å². The zero-order chi connectivity index (χ0) is 18.8. The van der Waals surface area contributed by atoms with Crippen LogP contribution in [-0.2, 0) is 27.4 Å². The lowest BCUT2D eigenvalue weighted by molar-refractivity contribution is -0.145. The number of carbonyl (C=O) groups excluding carboxylic acids is 2. The smallest absolute Gasteiger partial charge is 0.325 e. The molecule has 0 bridgehead atoms. The molecule has 0 saturated carbocycles. The van der Waals surface area contributed by atoms with E-state index in [1.54, 1.807) is 20.3 Å². The van der Waals surface area contributed by atoms with Gasteiger partial charge >= 0.3 is 5.97 Å². The van der Waals surface area contributed by atoms with Crippen molar-refractivity contribution < 1.29 is 23.8 Å². The quantitative estimate of drug-likeness (QED) is 0.698. The highest BCUT2D eigenvalue weighted by Gasteiger charge is 2.09. The van der Waals surface area contributed by atoms with E-state index in [0.717, 1.165) is 11.1 Å². The van der Waals surface area contributed by atoms with Crippen LogP contribution in [-0.4, -0.2) is 32.6 Å². The van der Waals surface area contributed by atoms with E-state index >= 15 is 0 Å². The third-order valence-corrected chi connectivity index (χ3v) is 3.76. The van der Waals surface area contributed by atoms with Gasteiger partial charge in [-0.15, -0.1) is 0 Å². The van der Waals surface area contributed by atoms with Crippen LogP contribution in [0.15, 0.2) is 48.5 Å². The van der Waals surface area contributed by atoms with E-state index in [-0.39, 0.29) is 25.5 Å². The van der Waals surface area contributed by atoms with Gasteiger partial charge in [0.05, 0.1) is 14.2 Å². The first-order valence-electron chi connectivity index (χ1n) is 8.29. The third-order valence-electron chi connectivity index (χ3n) is 3.76. The number of carbonyl (C=O) groups is 2. The number of rotatable bonds is 9. The molecule has 0 aliphatic carbocycles. The van der Waals surface area contributed by atoms with Crippen LogP contribution < -0.4 is 14.8 Å². The van der Waals surface area contributed by atoms with Gasteiger partial charge in [0.15, 0.2) is 11.5 Å². The minimum absolute atomic E-state index is 0.141. The average Bonchev–Trinajstić information content (AvgIpc) is 2.69. The number of nitrogens with one attached hydrogen (secondary N) is 1. The first-order valence-corrected chi connectivity index (χ1v) is 8.29. The second-order valence-electron chi connectivity index (χ2n) is 5.61. The van der Waals surface area contributed by atoms with Gasteiger partial charge in [-0.2, -0.15) is 0 Å². The van der Waals surface area contributed by atoms with Crippen LogP contribution in [0.3, 0.4) is 0 Å². The maximum absolute atomic E-state index is 11.9. The molecule has 6 heteroatoms. The van der Waals surface area contributed by atoms with Crippen LogP contribution in [0, 0.1) is 0 Å². The van der Waals surface area contributed by atoms with Crippen LogP contribution in [0.2, 0.25) is 0 Å². The zero-order valence-corrected chi connectivity index (χ0v) is 15.0. The maximum atomic E-state index is 11.9. The molecule has 0 radical (unpaired) electrons. The molecule has 0 aliphatic rings. The number of esters is 1. The monoisotopic (exact) mass is 357 g/mol. The van der Waals surface area contributed by atoms with Crippen molar-refractivity contribution in [2.24, 2.45) is 0 Å². The van der Waals surface area contributed by atoms with Crippen molar-refractivity contribution in [2.45, 2.75) is 19.4 Å². The molecule has 6 nitrogen and oxygen atoms in total. The van der Waals surface area contributed by atoms with E-state index in [4.69, 9.17) is 14.2 Å². The Bertz CT molecular complexity index is 730. The molecule has 26 heavy (non-hydrogen) atoms. The van der Waals surface area contributed by atoms with E-state index < -0.39 is 5.97 Å². The standard InChI is InChI=1S/C20H23NO5/c1-24-17-10-8-15(12-18(17)25-2)9-11-19(22)21-13-20(23)26-14-16-6-4-3-5-7-16/h3-8,10,12H,9,11,13-14H2,1-2H3,(H,21,22). The van der Waals surface area contributed by atoms with Crippen molar-refractivity contribution in [3.63, 3.8) is 0 Å². The summed E-state index contributed by atoms with van der Waals surface area (Å²) in [6.45, 7) is 0.0544. The second-order valence-corrected chi connectivity index (χ2v) is 5.61. The molecule has 0 aliphatic heterocycles. The molecule has 0 spiro atoms. The molecule has 138 valence electrons. The fourth-order valence-corrected chi connectivity index (χ4v) is 2.34. The number of amides is 1. The van der Waals surface area contributed by atoms with E-state index in [1.807, 2.05) is 42.5 Å². The molecule has 2 aromatic rings. The summed E-state index contributed by atoms with van der Waals surface area (Å²) in [6.07, 6.45) is 0.798.